The van der Waals surface area contributed by atoms with Crippen molar-refractivity contribution in [3.05, 3.63) is 68.2 Å². The van der Waals surface area contributed by atoms with E-state index in [4.69, 9.17) is 16.3 Å². The topological polar surface area (TPSA) is 69.2 Å². The van der Waals surface area contributed by atoms with Crippen LogP contribution in [0.15, 0.2) is 57.5 Å². The standard InChI is InChI=1S/C16H12BrClN2O3S2/c17-11-1-6-16(19-7-11)25(21,22)10-13-9-24-15(20-13)8-23-14-4-2-12(18)3-5-14/h1-7,9H,8,10H2. The molecule has 3 rings (SSSR count). The molecular formula is C16H12BrClN2O3S2. The molecule has 0 amide bonds. The Kier molecular flexibility index (Phi) is 5.73. The second-order valence-corrected chi connectivity index (χ2v) is 9.28. The van der Waals surface area contributed by atoms with Gasteiger partial charge in [0.05, 0.1) is 11.4 Å². The van der Waals surface area contributed by atoms with Crippen molar-refractivity contribution < 1.29 is 13.2 Å². The van der Waals surface area contributed by atoms with Gasteiger partial charge in [0, 0.05) is 21.1 Å². The summed E-state index contributed by atoms with van der Waals surface area (Å²) in [5.41, 5.74) is 0.476. The van der Waals surface area contributed by atoms with Gasteiger partial charge in [0.15, 0.2) is 5.03 Å². The van der Waals surface area contributed by atoms with Gasteiger partial charge in [-0.25, -0.2) is 18.4 Å². The van der Waals surface area contributed by atoms with E-state index in [2.05, 4.69) is 25.9 Å². The minimum atomic E-state index is -3.53. The molecule has 5 nitrogen and oxygen atoms in total. The molecule has 0 spiro atoms. The monoisotopic (exact) mass is 458 g/mol. The molecule has 0 atom stereocenters. The Labute approximate surface area is 162 Å². The van der Waals surface area contributed by atoms with Gasteiger partial charge in [-0.2, -0.15) is 0 Å². The van der Waals surface area contributed by atoms with Crippen molar-refractivity contribution in [1.29, 1.82) is 0 Å². The van der Waals surface area contributed by atoms with Gasteiger partial charge in [0.1, 0.15) is 17.4 Å². The van der Waals surface area contributed by atoms with Crippen LogP contribution in [0.1, 0.15) is 10.7 Å². The van der Waals surface area contributed by atoms with Crippen LogP contribution in [0.2, 0.25) is 5.02 Å². The van der Waals surface area contributed by atoms with E-state index in [1.807, 2.05) is 0 Å². The van der Waals surface area contributed by atoms with Crippen LogP contribution in [0.25, 0.3) is 0 Å². The van der Waals surface area contributed by atoms with Crippen LogP contribution in [0.3, 0.4) is 0 Å². The van der Waals surface area contributed by atoms with Gasteiger partial charge in [0.2, 0.25) is 9.84 Å². The molecule has 0 unspecified atom stereocenters. The van der Waals surface area contributed by atoms with E-state index in [9.17, 15) is 8.42 Å². The second kappa shape index (κ2) is 7.82. The van der Waals surface area contributed by atoms with Gasteiger partial charge in [-0.3, -0.25) is 0 Å². The molecule has 0 aliphatic rings. The fraction of sp³-hybridized carbons (Fsp3) is 0.125. The van der Waals surface area contributed by atoms with Crippen LogP contribution < -0.4 is 4.74 Å². The van der Waals surface area contributed by atoms with Gasteiger partial charge in [-0.05, 0) is 52.3 Å². The van der Waals surface area contributed by atoms with Crippen LogP contribution in [0, 0.1) is 0 Å². The van der Waals surface area contributed by atoms with Crippen molar-refractivity contribution >= 4 is 48.7 Å². The molecule has 3 aromatic rings. The number of thiazole rings is 1. The highest BCUT2D eigenvalue weighted by Crippen LogP contribution is 2.20. The molecule has 0 radical (unpaired) electrons. The molecule has 0 fully saturated rings. The van der Waals surface area contributed by atoms with E-state index < -0.39 is 9.84 Å². The Morgan fingerprint density at radius 3 is 2.60 bits per heavy atom. The minimum Gasteiger partial charge on any atom is -0.486 e. The van der Waals surface area contributed by atoms with Crippen molar-refractivity contribution in [1.82, 2.24) is 9.97 Å². The van der Waals surface area contributed by atoms with Crippen LogP contribution in [0.4, 0.5) is 0 Å². The first-order valence-corrected chi connectivity index (χ1v) is 10.8. The average molecular weight is 460 g/mol. The van der Waals surface area contributed by atoms with Crippen LogP contribution in [-0.2, 0) is 22.2 Å². The molecule has 0 saturated carbocycles. The fourth-order valence-electron chi connectivity index (χ4n) is 1.97. The second-order valence-electron chi connectivity index (χ2n) is 5.05. The maximum atomic E-state index is 12.4. The molecule has 9 heteroatoms. The molecule has 0 saturated heterocycles. The van der Waals surface area contributed by atoms with E-state index in [0.29, 0.717) is 21.5 Å². The van der Waals surface area contributed by atoms with Crippen molar-refractivity contribution in [2.75, 3.05) is 0 Å². The molecule has 0 aliphatic heterocycles. The summed E-state index contributed by atoms with van der Waals surface area (Å²) in [7, 11) is -3.53. The Morgan fingerprint density at radius 1 is 1.16 bits per heavy atom. The average Bonchev–Trinajstić information content (AvgIpc) is 3.01. The summed E-state index contributed by atoms with van der Waals surface area (Å²) in [6, 6.07) is 10.1. The van der Waals surface area contributed by atoms with E-state index in [-0.39, 0.29) is 17.4 Å². The van der Waals surface area contributed by atoms with Crippen molar-refractivity contribution in [2.45, 2.75) is 17.4 Å². The third-order valence-corrected chi connectivity index (χ3v) is 6.28. The third-order valence-electron chi connectivity index (χ3n) is 3.13. The lowest BCUT2D eigenvalue weighted by Gasteiger charge is -2.03. The highest BCUT2D eigenvalue weighted by atomic mass is 79.9. The zero-order chi connectivity index (χ0) is 17.9. The fourth-order valence-corrected chi connectivity index (χ4v) is 4.32. The molecule has 130 valence electrons. The molecule has 1 aromatic carbocycles. The van der Waals surface area contributed by atoms with Crippen LogP contribution >= 0.6 is 38.9 Å². The summed E-state index contributed by atoms with van der Waals surface area (Å²) in [5.74, 6) is 0.479. The van der Waals surface area contributed by atoms with Gasteiger partial charge in [-0.15, -0.1) is 11.3 Å². The van der Waals surface area contributed by atoms with Gasteiger partial charge < -0.3 is 4.74 Å². The summed E-state index contributed by atoms with van der Waals surface area (Å²) >= 11 is 10.4. The number of halogens is 2. The largest absolute Gasteiger partial charge is 0.486 e. The lowest BCUT2D eigenvalue weighted by Crippen LogP contribution is -2.07. The highest BCUT2D eigenvalue weighted by molar-refractivity contribution is 9.10. The summed E-state index contributed by atoms with van der Waals surface area (Å²) in [5, 5.41) is 3.08. The van der Waals surface area contributed by atoms with E-state index >= 15 is 0 Å². The number of hydrogen-bond donors (Lipinski definition) is 0. The Hall–Kier alpha value is -1.48. The number of nitrogens with zero attached hydrogens (tertiary/aromatic N) is 2. The number of aromatic nitrogens is 2. The summed E-state index contributed by atoms with van der Waals surface area (Å²) in [4.78, 5) is 8.26. The van der Waals surface area contributed by atoms with Crippen molar-refractivity contribution in [3.8, 4) is 5.75 Å². The van der Waals surface area contributed by atoms with Gasteiger partial charge in [-0.1, -0.05) is 11.6 Å². The highest BCUT2D eigenvalue weighted by Gasteiger charge is 2.18. The van der Waals surface area contributed by atoms with E-state index in [0.717, 1.165) is 4.47 Å². The predicted molar refractivity (Wildman–Crippen MR) is 101 cm³/mol. The van der Waals surface area contributed by atoms with Gasteiger partial charge >= 0.3 is 0 Å². The van der Waals surface area contributed by atoms with Gasteiger partial charge in [0.25, 0.3) is 0 Å². The van der Waals surface area contributed by atoms with Crippen molar-refractivity contribution in [2.24, 2.45) is 0 Å². The first-order valence-electron chi connectivity index (χ1n) is 7.08. The number of pyridine rings is 1. The quantitative estimate of drug-likeness (QED) is 0.542. The molecule has 2 aromatic heterocycles. The number of benzene rings is 1. The Balaban J connectivity index is 1.64. The van der Waals surface area contributed by atoms with Crippen LogP contribution in [-0.4, -0.2) is 18.4 Å². The molecule has 0 bridgehead atoms. The number of ether oxygens (including phenoxy) is 1. The summed E-state index contributed by atoms with van der Waals surface area (Å²) < 4.78 is 31.1. The van der Waals surface area contributed by atoms with Crippen molar-refractivity contribution in [3.63, 3.8) is 0 Å². The zero-order valence-electron chi connectivity index (χ0n) is 12.7. The maximum Gasteiger partial charge on any atom is 0.201 e. The summed E-state index contributed by atoms with van der Waals surface area (Å²) in [6.45, 7) is 0.267. The first kappa shape index (κ1) is 18.3. The van der Waals surface area contributed by atoms with E-state index in [1.54, 1.807) is 35.7 Å². The first-order chi connectivity index (χ1) is 11.9. The SMILES string of the molecule is O=S(=O)(Cc1csc(COc2ccc(Cl)cc2)n1)c1ccc(Br)cn1. The normalized spacial score (nSPS) is 11.4. The minimum absolute atomic E-state index is 0.0302. The lowest BCUT2D eigenvalue weighted by molar-refractivity contribution is 0.305. The number of hydrogen-bond acceptors (Lipinski definition) is 6. The number of sulfone groups is 1. The Morgan fingerprint density at radius 2 is 1.92 bits per heavy atom. The van der Waals surface area contributed by atoms with E-state index in [1.165, 1.54) is 23.6 Å². The third kappa shape index (κ3) is 5.01. The molecule has 2 heterocycles. The predicted octanol–water partition coefficient (Wildman–Crippen LogP) is 4.51. The molecule has 0 N–H and O–H groups in total. The molecule has 25 heavy (non-hydrogen) atoms. The smallest absolute Gasteiger partial charge is 0.201 e. The van der Waals surface area contributed by atoms with Crippen LogP contribution in [0.5, 0.6) is 5.75 Å². The summed E-state index contributed by atoms with van der Waals surface area (Å²) in [6.07, 6.45) is 1.46. The number of rotatable bonds is 6. The molecular weight excluding hydrogens is 448 g/mol. The maximum absolute atomic E-state index is 12.4. The lowest BCUT2D eigenvalue weighted by atomic mass is 10.3. The molecule has 0 aliphatic carbocycles. The Bertz CT molecular complexity index is 958. The zero-order valence-corrected chi connectivity index (χ0v) is 16.7.